The predicted molar refractivity (Wildman–Crippen MR) is 251 cm³/mol. The standard InChI is InChI=1S/C8H4F6.2C8H4F3N.C7H4BrF3.C7H4ClF3.C7H4F4.C7H4F3NO2/c1-3-5(9)2-4(8(12,13)14)7(11)6(3)10;1-4-6(9)2-7(10)5(3-12)8(4)11;1-4-6(9)2-5(3-12)8(11)7(4)10;2*1-3-4(9)2-5(10)6(8)7(3)11;1-3-6(10)4(8)2-5(9)7(3)11;1-3-4(8)2-5(11(12)13)7(10)6(3)9/h2H,1H3;2*2H,1H3;3*2H,1H3;2H,1H3. The lowest BCUT2D eigenvalue weighted by Crippen LogP contribution is -2.11. The molecule has 0 aromatic heterocycles. The van der Waals surface area contributed by atoms with Gasteiger partial charge in [0.05, 0.1) is 26.6 Å². The van der Waals surface area contributed by atoms with E-state index in [4.69, 9.17) is 22.1 Å². The highest BCUT2D eigenvalue weighted by atomic mass is 79.9. The van der Waals surface area contributed by atoms with E-state index in [1.54, 1.807) is 0 Å². The van der Waals surface area contributed by atoms with Crippen LogP contribution in [0.4, 0.5) is 115 Å². The fourth-order valence-electron chi connectivity index (χ4n) is 5.26. The van der Waals surface area contributed by atoms with Crippen molar-refractivity contribution in [3.8, 4) is 12.1 Å². The van der Waals surface area contributed by atoms with Crippen LogP contribution in [0.1, 0.15) is 55.6 Å². The molecule has 7 rings (SSSR count). The molecule has 0 N–H and O–H groups in total. The third-order valence-electron chi connectivity index (χ3n) is 10.3. The van der Waals surface area contributed by atoms with Gasteiger partial charge in [-0.3, -0.25) is 10.1 Å². The second-order valence-electron chi connectivity index (χ2n) is 15.9. The van der Waals surface area contributed by atoms with E-state index in [2.05, 4.69) is 15.9 Å². The number of nitro benzene ring substituents is 1. The SMILES string of the molecule is Cc1c(F)c(F)cc(F)c1F.Cc1c(F)cc(C#N)c(F)c1F.Cc1c(F)cc(C(F)(F)F)c(F)c1F.Cc1c(F)cc(F)c(Br)c1F.Cc1c(F)cc(F)c(C#N)c1F.Cc1c(F)cc(F)c(Cl)c1F.Cc1c(F)cc([N+](=O)[O-])c(F)c1F. The molecular formula is C52H28BrClF25N3O2. The zero-order valence-corrected chi connectivity index (χ0v) is 44.7. The molecule has 452 valence electrons. The van der Waals surface area contributed by atoms with Crippen LogP contribution in [0.5, 0.6) is 0 Å². The minimum absolute atomic E-state index is 0.0618. The molecule has 0 bridgehead atoms. The van der Waals surface area contributed by atoms with E-state index in [-0.39, 0.29) is 33.3 Å². The first-order valence-electron chi connectivity index (χ1n) is 21.4. The van der Waals surface area contributed by atoms with Crippen molar-refractivity contribution < 1.29 is 115 Å². The maximum atomic E-state index is 12.8. The van der Waals surface area contributed by atoms with Crippen molar-refractivity contribution >= 4 is 33.2 Å². The summed E-state index contributed by atoms with van der Waals surface area (Å²) in [7, 11) is 0. The highest BCUT2D eigenvalue weighted by Gasteiger charge is 2.37. The molecule has 0 fully saturated rings. The molecule has 0 aliphatic carbocycles. The Morgan fingerprint density at radius 2 is 0.738 bits per heavy atom. The zero-order valence-electron chi connectivity index (χ0n) is 42.4. The number of alkyl halides is 3. The van der Waals surface area contributed by atoms with Crippen LogP contribution >= 0.6 is 27.5 Å². The minimum atomic E-state index is -5.10. The number of hydrogen-bond acceptors (Lipinski definition) is 4. The van der Waals surface area contributed by atoms with E-state index in [1.165, 1.54) is 26.0 Å². The van der Waals surface area contributed by atoms with Crippen molar-refractivity contribution in [2.24, 2.45) is 0 Å². The monoisotopic (exact) mass is 1320 g/mol. The molecule has 0 aliphatic heterocycles. The highest BCUT2D eigenvalue weighted by Crippen LogP contribution is 2.34. The molecule has 0 heterocycles. The first-order chi connectivity index (χ1) is 38.5. The normalized spacial score (nSPS) is 10.3. The van der Waals surface area contributed by atoms with E-state index in [1.807, 2.05) is 0 Å². The Morgan fingerprint density at radius 1 is 0.393 bits per heavy atom. The maximum Gasteiger partial charge on any atom is 0.419 e. The summed E-state index contributed by atoms with van der Waals surface area (Å²) in [6, 6.07) is 5.50. The molecule has 0 amide bonds. The van der Waals surface area contributed by atoms with Gasteiger partial charge in [-0.2, -0.15) is 28.1 Å². The van der Waals surface area contributed by atoms with Crippen LogP contribution in [0.2, 0.25) is 5.02 Å². The molecule has 0 saturated carbocycles. The molecule has 0 radical (unpaired) electrons. The number of nitrogens with zero attached hydrogens (tertiary/aromatic N) is 3. The van der Waals surface area contributed by atoms with Crippen molar-refractivity contribution in [1.29, 1.82) is 10.5 Å². The van der Waals surface area contributed by atoms with E-state index >= 15 is 0 Å². The van der Waals surface area contributed by atoms with Crippen molar-refractivity contribution in [3.05, 3.63) is 246 Å². The van der Waals surface area contributed by atoms with Crippen molar-refractivity contribution in [3.63, 3.8) is 0 Å². The summed E-state index contributed by atoms with van der Waals surface area (Å²) in [5.74, 6) is -27.5. The Balaban J connectivity index is 0.000000491. The molecule has 7 aromatic carbocycles. The number of rotatable bonds is 1. The van der Waals surface area contributed by atoms with E-state index in [0.717, 1.165) is 34.6 Å². The van der Waals surface area contributed by atoms with E-state index in [9.17, 15) is 120 Å². The first-order valence-corrected chi connectivity index (χ1v) is 22.6. The van der Waals surface area contributed by atoms with Crippen molar-refractivity contribution in [1.82, 2.24) is 0 Å². The van der Waals surface area contributed by atoms with Crippen LogP contribution in [-0.2, 0) is 6.18 Å². The van der Waals surface area contributed by atoms with Crippen LogP contribution in [0.25, 0.3) is 0 Å². The van der Waals surface area contributed by atoms with Crippen LogP contribution in [-0.4, -0.2) is 4.92 Å². The second-order valence-corrected chi connectivity index (χ2v) is 17.0. The van der Waals surface area contributed by atoms with Gasteiger partial charge in [-0.15, -0.1) is 0 Å². The summed E-state index contributed by atoms with van der Waals surface area (Å²) in [4.78, 5) is 8.89. The summed E-state index contributed by atoms with van der Waals surface area (Å²) in [5, 5.41) is 25.9. The fourth-order valence-corrected chi connectivity index (χ4v) is 5.87. The molecule has 7 aromatic rings. The number of halogens is 27. The summed E-state index contributed by atoms with van der Waals surface area (Å²) >= 11 is 7.79. The average Bonchev–Trinajstić information content (AvgIpc) is 3.57. The maximum absolute atomic E-state index is 12.8. The molecular weight excluding hydrogens is 1290 g/mol. The lowest BCUT2D eigenvalue weighted by molar-refractivity contribution is -0.388. The van der Waals surface area contributed by atoms with E-state index in [0.29, 0.717) is 30.3 Å². The molecule has 0 aliphatic rings. The molecule has 84 heavy (non-hydrogen) atoms. The Labute approximate surface area is 469 Å². The van der Waals surface area contributed by atoms with Gasteiger partial charge < -0.3 is 0 Å². The lowest BCUT2D eigenvalue weighted by atomic mass is 10.1. The lowest BCUT2D eigenvalue weighted by Gasteiger charge is -2.10. The molecule has 0 atom stereocenters. The minimum Gasteiger partial charge on any atom is -0.258 e. The fraction of sp³-hybridized carbons (Fsp3) is 0.154. The number of hydrogen-bond donors (Lipinski definition) is 0. The van der Waals surface area contributed by atoms with E-state index < -0.39 is 189 Å². The third-order valence-corrected chi connectivity index (χ3v) is 11.4. The Morgan fingerprint density at radius 3 is 1.17 bits per heavy atom. The van der Waals surface area contributed by atoms with Gasteiger partial charge in [-0.05, 0) is 76.5 Å². The highest BCUT2D eigenvalue weighted by molar-refractivity contribution is 9.10. The third kappa shape index (κ3) is 18.5. The molecule has 0 unspecified atom stereocenters. The van der Waals surface area contributed by atoms with Gasteiger partial charge in [0.15, 0.2) is 58.2 Å². The smallest absolute Gasteiger partial charge is 0.258 e. The van der Waals surface area contributed by atoms with Crippen molar-refractivity contribution in [2.75, 3.05) is 0 Å². The number of nitro groups is 1. The van der Waals surface area contributed by atoms with Gasteiger partial charge in [0.1, 0.15) is 86.7 Å². The second kappa shape index (κ2) is 31.0. The Kier molecular flexibility index (Phi) is 27.3. The Hall–Kier alpha value is -8.06. The van der Waals surface area contributed by atoms with Gasteiger partial charge in [-0.1, -0.05) is 11.6 Å². The topological polar surface area (TPSA) is 90.7 Å². The molecule has 32 heteroatoms. The van der Waals surface area contributed by atoms with Crippen molar-refractivity contribution in [2.45, 2.75) is 54.6 Å². The van der Waals surface area contributed by atoms with Crippen LogP contribution in [0.15, 0.2) is 46.9 Å². The molecule has 0 spiro atoms. The number of nitriles is 2. The Bertz CT molecular complexity index is 3490. The largest absolute Gasteiger partial charge is 0.419 e. The van der Waals surface area contributed by atoms with Crippen LogP contribution in [0.3, 0.4) is 0 Å². The van der Waals surface area contributed by atoms with Crippen LogP contribution in [0, 0.1) is 209 Å². The quantitative estimate of drug-likeness (QED) is 0.0538. The van der Waals surface area contributed by atoms with Gasteiger partial charge >= 0.3 is 11.9 Å². The average molecular weight is 1320 g/mol. The first kappa shape index (κ1) is 74.0. The van der Waals surface area contributed by atoms with Gasteiger partial charge in [0.2, 0.25) is 5.82 Å². The molecule has 5 nitrogen and oxygen atoms in total. The van der Waals surface area contributed by atoms with Gasteiger partial charge in [-0.25, -0.2) is 92.2 Å². The zero-order chi connectivity index (χ0) is 65.6. The summed E-state index contributed by atoms with van der Waals surface area (Å²) in [6.45, 7) is 7.51. The summed E-state index contributed by atoms with van der Waals surface area (Å²) in [6.07, 6.45) is -5.10. The molecule has 0 saturated heterocycles. The van der Waals surface area contributed by atoms with Gasteiger partial charge in [0, 0.05) is 63.2 Å². The predicted octanol–water partition coefficient (Wildman–Crippen LogP) is 19.1. The van der Waals surface area contributed by atoms with Gasteiger partial charge in [0.25, 0.3) is 0 Å². The van der Waals surface area contributed by atoms with Crippen LogP contribution < -0.4 is 0 Å². The summed E-state index contributed by atoms with van der Waals surface area (Å²) < 4.78 is 312. The number of benzene rings is 7. The summed E-state index contributed by atoms with van der Waals surface area (Å²) in [5.41, 5.74) is -7.65.